The largest absolute Gasteiger partial charge is 0.375 e. The van der Waals surface area contributed by atoms with Crippen LogP contribution in [0.5, 0.6) is 0 Å². The number of hydrogen-bond donors (Lipinski definition) is 0. The number of thiophene rings is 1. The molecule has 1 atom stereocenters. The smallest absolute Gasteiger partial charge is 0.100 e. The van der Waals surface area contributed by atoms with Crippen molar-refractivity contribution in [2.24, 2.45) is 5.41 Å². The standard InChI is InChI=1S/C11H15NOS/c1-11(2,3)10(13-4)9-5-8(6-12)7-14-9/h5,7,10H,1-4H3. The zero-order valence-electron chi connectivity index (χ0n) is 9.00. The van der Waals surface area contributed by atoms with Crippen LogP contribution in [0.25, 0.3) is 0 Å². The summed E-state index contributed by atoms with van der Waals surface area (Å²) in [6.45, 7) is 6.40. The molecule has 1 aromatic heterocycles. The number of nitrogens with zero attached hydrogens (tertiary/aromatic N) is 1. The van der Waals surface area contributed by atoms with Gasteiger partial charge in [0.2, 0.25) is 0 Å². The molecule has 1 unspecified atom stereocenters. The lowest BCUT2D eigenvalue weighted by atomic mass is 9.88. The van der Waals surface area contributed by atoms with E-state index in [0.717, 1.165) is 10.4 Å². The summed E-state index contributed by atoms with van der Waals surface area (Å²) in [6, 6.07) is 4.04. The van der Waals surface area contributed by atoms with Crippen LogP contribution in [-0.4, -0.2) is 7.11 Å². The Morgan fingerprint density at radius 2 is 2.14 bits per heavy atom. The molecule has 0 amide bonds. The highest BCUT2D eigenvalue weighted by molar-refractivity contribution is 7.10. The van der Waals surface area contributed by atoms with Crippen molar-refractivity contribution in [3.8, 4) is 6.07 Å². The van der Waals surface area contributed by atoms with Crippen LogP contribution in [0.2, 0.25) is 0 Å². The fourth-order valence-electron chi connectivity index (χ4n) is 1.45. The van der Waals surface area contributed by atoms with E-state index in [4.69, 9.17) is 10.00 Å². The monoisotopic (exact) mass is 209 g/mol. The van der Waals surface area contributed by atoms with E-state index in [1.807, 2.05) is 11.4 Å². The lowest BCUT2D eigenvalue weighted by molar-refractivity contribution is 0.0179. The van der Waals surface area contributed by atoms with Crippen LogP contribution >= 0.6 is 11.3 Å². The summed E-state index contributed by atoms with van der Waals surface area (Å²) in [5.41, 5.74) is 0.781. The molecule has 0 aliphatic carbocycles. The number of nitriles is 1. The Balaban J connectivity index is 2.97. The maximum atomic E-state index is 8.72. The molecular weight excluding hydrogens is 194 g/mol. The number of ether oxygens (including phenoxy) is 1. The number of methoxy groups -OCH3 is 1. The van der Waals surface area contributed by atoms with Crippen LogP contribution in [-0.2, 0) is 4.74 Å². The summed E-state index contributed by atoms with van der Waals surface area (Å²) < 4.78 is 5.46. The molecule has 1 aromatic rings. The SMILES string of the molecule is COC(c1cc(C#N)cs1)C(C)(C)C. The molecule has 0 bridgehead atoms. The Morgan fingerprint density at radius 1 is 1.50 bits per heavy atom. The Bertz CT molecular complexity index is 343. The number of hydrogen-bond acceptors (Lipinski definition) is 3. The van der Waals surface area contributed by atoms with E-state index in [1.165, 1.54) is 0 Å². The van der Waals surface area contributed by atoms with Gasteiger partial charge < -0.3 is 4.74 Å². The molecule has 0 fully saturated rings. The minimum atomic E-state index is 0.0618. The fourth-order valence-corrected chi connectivity index (χ4v) is 2.60. The molecule has 1 heterocycles. The first-order chi connectivity index (χ1) is 6.49. The normalized spacial score (nSPS) is 13.6. The van der Waals surface area contributed by atoms with Gasteiger partial charge in [-0.2, -0.15) is 5.26 Å². The van der Waals surface area contributed by atoms with Crippen LogP contribution in [0, 0.1) is 16.7 Å². The quantitative estimate of drug-likeness (QED) is 0.748. The third-order valence-electron chi connectivity index (χ3n) is 2.03. The zero-order valence-corrected chi connectivity index (χ0v) is 9.81. The molecule has 0 aliphatic heterocycles. The first-order valence-corrected chi connectivity index (χ1v) is 5.38. The van der Waals surface area contributed by atoms with Crippen LogP contribution in [0.1, 0.15) is 37.3 Å². The van der Waals surface area contributed by atoms with Crippen molar-refractivity contribution < 1.29 is 4.74 Å². The molecule has 2 nitrogen and oxygen atoms in total. The molecule has 0 aliphatic rings. The maximum absolute atomic E-state index is 8.72. The van der Waals surface area contributed by atoms with Gasteiger partial charge in [-0.3, -0.25) is 0 Å². The van der Waals surface area contributed by atoms with Gasteiger partial charge in [0, 0.05) is 17.4 Å². The predicted octanol–water partition coefficient (Wildman–Crippen LogP) is 3.35. The number of rotatable bonds is 2. The van der Waals surface area contributed by atoms with E-state index in [-0.39, 0.29) is 11.5 Å². The van der Waals surface area contributed by atoms with Gasteiger partial charge in [0.05, 0.1) is 11.7 Å². The van der Waals surface area contributed by atoms with Crippen molar-refractivity contribution >= 4 is 11.3 Å². The van der Waals surface area contributed by atoms with Gasteiger partial charge in [-0.15, -0.1) is 11.3 Å². The van der Waals surface area contributed by atoms with Gasteiger partial charge in [0.15, 0.2) is 0 Å². The van der Waals surface area contributed by atoms with E-state index >= 15 is 0 Å². The van der Waals surface area contributed by atoms with Crippen LogP contribution < -0.4 is 0 Å². The van der Waals surface area contributed by atoms with Gasteiger partial charge >= 0.3 is 0 Å². The van der Waals surface area contributed by atoms with Gasteiger partial charge in [0.1, 0.15) is 6.07 Å². The molecule has 1 rings (SSSR count). The summed E-state index contributed by atoms with van der Waals surface area (Å²) in [6.07, 6.45) is 0.0644. The average Bonchev–Trinajstić information content (AvgIpc) is 2.51. The van der Waals surface area contributed by atoms with E-state index < -0.39 is 0 Å². The minimum Gasteiger partial charge on any atom is -0.375 e. The Kier molecular flexibility index (Phi) is 3.30. The molecule has 0 N–H and O–H groups in total. The summed E-state index contributed by atoms with van der Waals surface area (Å²) >= 11 is 1.59. The molecule has 0 saturated carbocycles. The van der Waals surface area contributed by atoms with E-state index in [9.17, 15) is 0 Å². The summed E-state index contributed by atoms with van der Waals surface area (Å²) in [5.74, 6) is 0. The topological polar surface area (TPSA) is 33.0 Å². The van der Waals surface area contributed by atoms with Gasteiger partial charge in [-0.05, 0) is 11.5 Å². The summed E-state index contributed by atoms with van der Waals surface area (Å²) in [5, 5.41) is 10.6. The van der Waals surface area contributed by atoms with E-state index in [1.54, 1.807) is 18.4 Å². The molecule has 14 heavy (non-hydrogen) atoms. The lowest BCUT2D eigenvalue weighted by Crippen LogP contribution is -2.18. The third-order valence-corrected chi connectivity index (χ3v) is 3.01. The molecule has 0 aromatic carbocycles. The van der Waals surface area contributed by atoms with Crippen molar-refractivity contribution in [2.75, 3.05) is 7.11 Å². The second-order valence-corrected chi connectivity index (χ2v) is 5.27. The summed E-state index contributed by atoms with van der Waals surface area (Å²) in [7, 11) is 1.71. The second-order valence-electron chi connectivity index (χ2n) is 4.33. The Morgan fingerprint density at radius 3 is 2.50 bits per heavy atom. The second kappa shape index (κ2) is 4.12. The summed E-state index contributed by atoms with van der Waals surface area (Å²) in [4.78, 5) is 1.12. The third kappa shape index (κ3) is 2.34. The molecule has 0 saturated heterocycles. The van der Waals surface area contributed by atoms with Crippen molar-refractivity contribution in [1.29, 1.82) is 5.26 Å². The zero-order chi connectivity index (χ0) is 10.8. The highest BCUT2D eigenvalue weighted by atomic mass is 32.1. The average molecular weight is 209 g/mol. The highest BCUT2D eigenvalue weighted by Gasteiger charge is 2.27. The molecule has 3 heteroatoms. The lowest BCUT2D eigenvalue weighted by Gasteiger charge is -2.28. The van der Waals surface area contributed by atoms with Gasteiger partial charge in [0.25, 0.3) is 0 Å². The van der Waals surface area contributed by atoms with Crippen molar-refractivity contribution in [1.82, 2.24) is 0 Å². The van der Waals surface area contributed by atoms with Crippen molar-refractivity contribution in [3.63, 3.8) is 0 Å². The van der Waals surface area contributed by atoms with E-state index in [0.29, 0.717) is 0 Å². The van der Waals surface area contributed by atoms with Gasteiger partial charge in [-0.25, -0.2) is 0 Å². The first-order valence-electron chi connectivity index (χ1n) is 4.50. The van der Waals surface area contributed by atoms with Crippen LogP contribution in [0.3, 0.4) is 0 Å². The molecule has 76 valence electrons. The fraction of sp³-hybridized carbons (Fsp3) is 0.545. The Labute approximate surface area is 89.1 Å². The van der Waals surface area contributed by atoms with Crippen molar-refractivity contribution in [2.45, 2.75) is 26.9 Å². The molecule has 0 spiro atoms. The van der Waals surface area contributed by atoms with Crippen molar-refractivity contribution in [3.05, 3.63) is 21.9 Å². The van der Waals surface area contributed by atoms with Crippen LogP contribution in [0.4, 0.5) is 0 Å². The highest BCUT2D eigenvalue weighted by Crippen LogP contribution is 2.38. The van der Waals surface area contributed by atoms with Crippen LogP contribution in [0.15, 0.2) is 11.4 Å². The first kappa shape index (κ1) is 11.2. The van der Waals surface area contributed by atoms with Gasteiger partial charge in [-0.1, -0.05) is 20.8 Å². The molecule has 0 radical (unpaired) electrons. The van der Waals surface area contributed by atoms with E-state index in [2.05, 4.69) is 26.8 Å². The predicted molar refractivity (Wildman–Crippen MR) is 58.2 cm³/mol. The Hall–Kier alpha value is -0.850. The molecular formula is C11H15NOS. The minimum absolute atomic E-state index is 0.0618. The maximum Gasteiger partial charge on any atom is 0.100 e.